The highest BCUT2D eigenvalue weighted by molar-refractivity contribution is 9.14. The van der Waals surface area contributed by atoms with Crippen LogP contribution in [0.3, 0.4) is 0 Å². The third-order valence-electron chi connectivity index (χ3n) is 1.10. The molecule has 78 valence electrons. The predicted molar refractivity (Wildman–Crippen MR) is 59.4 cm³/mol. The van der Waals surface area contributed by atoms with Crippen LogP contribution in [0.4, 0.5) is 0 Å². The van der Waals surface area contributed by atoms with Crippen LogP contribution in [0.2, 0.25) is 0 Å². The summed E-state index contributed by atoms with van der Waals surface area (Å²) in [4.78, 5) is 10.4. The van der Waals surface area contributed by atoms with E-state index in [1.807, 2.05) is 0 Å². The van der Waals surface area contributed by atoms with Gasteiger partial charge in [-0.1, -0.05) is 15.9 Å². The number of aliphatic hydroxyl groups is 1. The number of aliphatic carboxylic acids is 1. The minimum Gasteiger partial charge on any atom is -0.477 e. The lowest BCUT2D eigenvalue weighted by molar-refractivity contribution is -0.131. The van der Waals surface area contributed by atoms with Crippen molar-refractivity contribution in [2.24, 2.45) is 5.73 Å². The summed E-state index contributed by atoms with van der Waals surface area (Å²) in [5, 5.41) is 17.1. The molecule has 0 radical (unpaired) electrons. The number of nitrogens with two attached hydrogens (primary N) is 1. The first-order valence-corrected chi connectivity index (χ1v) is 4.71. The number of aliphatic hydroxyl groups excluding tert-OH is 1. The molecule has 0 aliphatic carbocycles. The summed E-state index contributed by atoms with van der Waals surface area (Å²) in [5.41, 5.74) is 5.38. The van der Waals surface area contributed by atoms with Crippen LogP contribution in [0.1, 0.15) is 6.42 Å². The molecule has 4 nitrogen and oxygen atoms in total. The summed E-state index contributed by atoms with van der Waals surface area (Å²) in [5.74, 6) is -1.06. The van der Waals surface area contributed by atoms with Crippen molar-refractivity contribution in [3.05, 3.63) is 8.96 Å². The van der Waals surface area contributed by atoms with E-state index >= 15 is 0 Å². The number of hydrogen-bond acceptors (Lipinski definition) is 3. The van der Waals surface area contributed by atoms with E-state index in [0.717, 1.165) is 0 Å². The van der Waals surface area contributed by atoms with Crippen LogP contribution >= 0.6 is 44.3 Å². The molecule has 0 heterocycles. The first-order chi connectivity index (χ1) is 5.49. The molecule has 13 heavy (non-hydrogen) atoms. The van der Waals surface area contributed by atoms with Crippen LogP contribution in [0.15, 0.2) is 8.96 Å². The Morgan fingerprint density at radius 2 is 1.92 bits per heavy atom. The van der Waals surface area contributed by atoms with Crippen LogP contribution in [0, 0.1) is 0 Å². The van der Waals surface area contributed by atoms with Gasteiger partial charge >= 0.3 is 5.97 Å². The average molecular weight is 339 g/mol. The Balaban J connectivity index is 0. The molecule has 0 aromatic heterocycles. The first-order valence-electron chi connectivity index (χ1n) is 3.13. The van der Waals surface area contributed by atoms with Gasteiger partial charge in [-0.2, -0.15) is 0 Å². The lowest BCUT2D eigenvalue weighted by atomic mass is 10.2. The molecular weight excluding hydrogens is 329 g/mol. The van der Waals surface area contributed by atoms with E-state index in [4.69, 9.17) is 15.9 Å². The average Bonchev–Trinajstić information content (AvgIpc) is 2.02. The Labute approximate surface area is 98.9 Å². The van der Waals surface area contributed by atoms with Crippen LogP contribution in [-0.4, -0.2) is 28.8 Å². The second kappa shape index (κ2) is 7.75. The van der Waals surface area contributed by atoms with Gasteiger partial charge in [-0.05, 0) is 22.4 Å². The number of halogens is 3. The zero-order valence-corrected chi connectivity index (χ0v) is 10.5. The molecule has 0 bridgehead atoms. The van der Waals surface area contributed by atoms with Crippen LogP contribution in [-0.2, 0) is 4.79 Å². The van der Waals surface area contributed by atoms with Gasteiger partial charge < -0.3 is 15.9 Å². The number of carboxylic acids is 1. The standard InChI is InChI=1S/C6H9Br2NO3.ClH/c7-4(1-3(9)2-10)5(8)6(11)12;/h3,10H,1-2,9H2,(H,11,12);1H/b5-4-;. The fraction of sp³-hybridized carbons (Fsp3) is 0.500. The summed E-state index contributed by atoms with van der Waals surface area (Å²) in [7, 11) is 0. The van der Waals surface area contributed by atoms with Crippen molar-refractivity contribution >= 4 is 50.2 Å². The molecule has 7 heteroatoms. The SMILES string of the molecule is Cl.NC(CO)C/C(Br)=C(/Br)C(=O)O. The number of carboxylic acid groups (broad SMARTS) is 1. The van der Waals surface area contributed by atoms with Gasteiger partial charge in [0.05, 0.1) is 6.61 Å². The molecule has 1 atom stereocenters. The molecule has 0 amide bonds. The third kappa shape index (κ3) is 6.45. The fourth-order valence-electron chi connectivity index (χ4n) is 0.500. The molecular formula is C6H10Br2ClNO3. The minimum absolute atomic E-state index is 0. The molecule has 4 N–H and O–H groups in total. The zero-order valence-electron chi connectivity index (χ0n) is 6.54. The highest BCUT2D eigenvalue weighted by Crippen LogP contribution is 2.22. The monoisotopic (exact) mass is 337 g/mol. The first kappa shape index (κ1) is 15.8. The van der Waals surface area contributed by atoms with Crippen molar-refractivity contribution in [2.45, 2.75) is 12.5 Å². The van der Waals surface area contributed by atoms with Crippen molar-refractivity contribution in [1.82, 2.24) is 0 Å². The molecule has 0 aliphatic rings. The molecule has 0 saturated heterocycles. The van der Waals surface area contributed by atoms with E-state index in [1.54, 1.807) is 0 Å². The summed E-state index contributed by atoms with van der Waals surface area (Å²) in [6, 6.07) is -0.439. The molecule has 0 saturated carbocycles. The van der Waals surface area contributed by atoms with Crippen molar-refractivity contribution < 1.29 is 15.0 Å². The predicted octanol–water partition coefficient (Wildman–Crippen LogP) is 1.20. The van der Waals surface area contributed by atoms with Gasteiger partial charge in [-0.15, -0.1) is 12.4 Å². The highest BCUT2D eigenvalue weighted by Gasteiger charge is 2.11. The lowest BCUT2D eigenvalue weighted by Gasteiger charge is -2.06. The van der Waals surface area contributed by atoms with E-state index in [1.165, 1.54) is 0 Å². The topological polar surface area (TPSA) is 83.5 Å². The van der Waals surface area contributed by atoms with Gasteiger partial charge in [-0.3, -0.25) is 0 Å². The molecule has 0 aromatic carbocycles. The van der Waals surface area contributed by atoms with Crippen LogP contribution in [0.25, 0.3) is 0 Å². The summed E-state index contributed by atoms with van der Waals surface area (Å²) in [6.45, 7) is -0.172. The second-order valence-electron chi connectivity index (χ2n) is 2.17. The van der Waals surface area contributed by atoms with Gasteiger partial charge in [-0.25, -0.2) is 4.79 Å². The van der Waals surface area contributed by atoms with E-state index < -0.39 is 12.0 Å². The molecule has 0 rings (SSSR count). The molecule has 0 fully saturated rings. The molecule has 0 spiro atoms. The van der Waals surface area contributed by atoms with E-state index in [2.05, 4.69) is 31.9 Å². The van der Waals surface area contributed by atoms with Crippen LogP contribution < -0.4 is 5.73 Å². The largest absolute Gasteiger partial charge is 0.477 e. The number of rotatable bonds is 4. The molecule has 0 aromatic rings. The molecule has 1 unspecified atom stereocenters. The minimum atomic E-state index is -1.06. The van der Waals surface area contributed by atoms with Gasteiger partial charge in [0.25, 0.3) is 0 Å². The number of hydrogen-bond donors (Lipinski definition) is 3. The quantitative estimate of drug-likeness (QED) is 0.672. The Kier molecular flexibility index (Phi) is 9.44. The van der Waals surface area contributed by atoms with Crippen molar-refractivity contribution in [1.29, 1.82) is 0 Å². The Morgan fingerprint density at radius 3 is 2.23 bits per heavy atom. The highest BCUT2D eigenvalue weighted by atomic mass is 79.9. The van der Waals surface area contributed by atoms with Gasteiger partial charge in [0.2, 0.25) is 0 Å². The second-order valence-corrected chi connectivity index (χ2v) is 3.92. The maximum Gasteiger partial charge on any atom is 0.343 e. The maximum atomic E-state index is 10.4. The Bertz CT molecular complexity index is 210. The maximum absolute atomic E-state index is 10.4. The Morgan fingerprint density at radius 1 is 1.46 bits per heavy atom. The summed E-state index contributed by atoms with van der Waals surface area (Å²) in [6.07, 6.45) is 0.295. The van der Waals surface area contributed by atoms with Crippen molar-refractivity contribution in [3.8, 4) is 0 Å². The lowest BCUT2D eigenvalue weighted by Crippen LogP contribution is -2.24. The fourth-order valence-corrected chi connectivity index (χ4v) is 1.25. The van der Waals surface area contributed by atoms with Crippen LogP contribution in [0.5, 0.6) is 0 Å². The normalized spacial score (nSPS) is 14.2. The molecule has 0 aliphatic heterocycles. The third-order valence-corrected chi connectivity index (χ3v) is 3.17. The number of carbonyl (C=O) groups is 1. The summed E-state index contributed by atoms with van der Waals surface area (Å²) < 4.78 is 0.475. The summed E-state index contributed by atoms with van der Waals surface area (Å²) >= 11 is 5.91. The van der Waals surface area contributed by atoms with E-state index in [9.17, 15) is 4.79 Å². The van der Waals surface area contributed by atoms with Crippen molar-refractivity contribution in [2.75, 3.05) is 6.61 Å². The van der Waals surface area contributed by atoms with Gasteiger partial charge in [0.15, 0.2) is 0 Å². The van der Waals surface area contributed by atoms with E-state index in [0.29, 0.717) is 10.9 Å². The smallest absolute Gasteiger partial charge is 0.343 e. The Hall–Kier alpha value is 0.380. The van der Waals surface area contributed by atoms with E-state index in [-0.39, 0.29) is 23.5 Å². The zero-order chi connectivity index (χ0) is 9.72. The van der Waals surface area contributed by atoms with Gasteiger partial charge in [0, 0.05) is 10.5 Å². The van der Waals surface area contributed by atoms with Gasteiger partial charge in [0.1, 0.15) is 4.48 Å². The van der Waals surface area contributed by atoms with Crippen molar-refractivity contribution in [3.63, 3.8) is 0 Å².